The first-order chi connectivity index (χ1) is 11.2. The summed E-state index contributed by atoms with van der Waals surface area (Å²) >= 11 is 0. The van der Waals surface area contributed by atoms with Crippen molar-refractivity contribution in [1.82, 2.24) is 15.1 Å². The Morgan fingerprint density at radius 3 is 2.50 bits per heavy atom. The summed E-state index contributed by atoms with van der Waals surface area (Å²) < 4.78 is 0. The second kappa shape index (κ2) is 9.57. The second-order valence-corrected chi connectivity index (χ2v) is 7.79. The van der Waals surface area contributed by atoms with Crippen LogP contribution in [0.25, 0.3) is 0 Å². The third kappa shape index (κ3) is 5.46. The molecule has 1 atom stereocenters. The minimum atomic E-state index is -0.525. The average molecular weight is 450 g/mol. The van der Waals surface area contributed by atoms with Gasteiger partial charge in [-0.1, -0.05) is 19.3 Å². The van der Waals surface area contributed by atoms with E-state index in [9.17, 15) is 5.11 Å². The average Bonchev–Trinajstić information content (AvgIpc) is 3.21. The standard InChI is InChI=1S/C18H34N4O.HI/c1-19-17(20-15-18(23)8-3-2-4-9-18)22-12-7-16(14-22)13-21-10-5-6-11-21;/h16,23H,2-15H2,1H3,(H,19,20);1H. The molecular formula is C18H35IN4O. The lowest BCUT2D eigenvalue weighted by atomic mass is 9.85. The molecule has 0 spiro atoms. The van der Waals surface area contributed by atoms with Crippen LogP contribution in [-0.2, 0) is 0 Å². The van der Waals surface area contributed by atoms with Gasteiger partial charge in [-0.05, 0) is 51.1 Å². The summed E-state index contributed by atoms with van der Waals surface area (Å²) in [4.78, 5) is 9.46. The summed E-state index contributed by atoms with van der Waals surface area (Å²) in [6.07, 6.45) is 9.43. The number of rotatable bonds is 4. The highest BCUT2D eigenvalue weighted by Gasteiger charge is 2.31. The third-order valence-electron chi connectivity index (χ3n) is 5.87. The Labute approximate surface area is 164 Å². The van der Waals surface area contributed by atoms with Crippen LogP contribution >= 0.6 is 24.0 Å². The van der Waals surface area contributed by atoms with Gasteiger partial charge in [0.15, 0.2) is 5.96 Å². The highest BCUT2D eigenvalue weighted by atomic mass is 127. The molecule has 3 aliphatic rings. The van der Waals surface area contributed by atoms with E-state index in [-0.39, 0.29) is 24.0 Å². The van der Waals surface area contributed by atoms with Crippen molar-refractivity contribution in [3.8, 4) is 0 Å². The maximum atomic E-state index is 10.7. The molecule has 2 heterocycles. The number of aliphatic hydroxyl groups is 1. The zero-order valence-corrected chi connectivity index (χ0v) is 17.5. The maximum absolute atomic E-state index is 10.7. The Hall–Kier alpha value is -0.0800. The van der Waals surface area contributed by atoms with Crippen molar-refractivity contribution in [2.75, 3.05) is 46.3 Å². The van der Waals surface area contributed by atoms with Gasteiger partial charge >= 0.3 is 0 Å². The van der Waals surface area contributed by atoms with E-state index in [1.54, 1.807) is 0 Å². The van der Waals surface area contributed by atoms with Crippen LogP contribution in [0.3, 0.4) is 0 Å². The molecular weight excluding hydrogens is 415 g/mol. The fourth-order valence-corrected chi connectivity index (χ4v) is 4.47. The molecule has 2 N–H and O–H groups in total. The monoisotopic (exact) mass is 450 g/mol. The van der Waals surface area contributed by atoms with Crippen molar-refractivity contribution in [1.29, 1.82) is 0 Å². The molecule has 3 rings (SSSR count). The first-order valence-corrected chi connectivity index (χ1v) is 9.59. The van der Waals surface area contributed by atoms with Gasteiger partial charge in [-0.15, -0.1) is 24.0 Å². The summed E-state index contributed by atoms with van der Waals surface area (Å²) in [6, 6.07) is 0. The summed E-state index contributed by atoms with van der Waals surface area (Å²) in [7, 11) is 1.86. The second-order valence-electron chi connectivity index (χ2n) is 7.79. The molecule has 2 aliphatic heterocycles. The van der Waals surface area contributed by atoms with E-state index in [4.69, 9.17) is 0 Å². The molecule has 0 aromatic carbocycles. The highest BCUT2D eigenvalue weighted by molar-refractivity contribution is 14.0. The summed E-state index contributed by atoms with van der Waals surface area (Å²) in [5.41, 5.74) is -0.525. The van der Waals surface area contributed by atoms with Gasteiger partial charge in [0.25, 0.3) is 0 Å². The van der Waals surface area contributed by atoms with Gasteiger partial charge in [-0.2, -0.15) is 0 Å². The molecule has 1 saturated carbocycles. The number of halogens is 1. The molecule has 24 heavy (non-hydrogen) atoms. The Morgan fingerprint density at radius 2 is 1.83 bits per heavy atom. The van der Waals surface area contributed by atoms with E-state index in [0.717, 1.165) is 50.7 Å². The largest absolute Gasteiger partial charge is 0.388 e. The number of hydrogen-bond donors (Lipinski definition) is 2. The normalized spacial score (nSPS) is 28.0. The Morgan fingerprint density at radius 1 is 1.12 bits per heavy atom. The SMILES string of the molecule is CN=C(NCC1(O)CCCCC1)N1CCC(CN2CCCC2)C1.I. The number of aliphatic imine (C=N–C) groups is 1. The Bertz CT molecular complexity index is 406. The third-order valence-corrected chi connectivity index (χ3v) is 5.87. The lowest BCUT2D eigenvalue weighted by molar-refractivity contribution is 0.00819. The van der Waals surface area contributed by atoms with Gasteiger partial charge < -0.3 is 20.2 Å². The predicted octanol–water partition coefficient (Wildman–Crippen LogP) is 2.29. The molecule has 1 unspecified atom stereocenters. The number of nitrogens with zero attached hydrogens (tertiary/aromatic N) is 3. The minimum Gasteiger partial charge on any atom is -0.388 e. The van der Waals surface area contributed by atoms with Crippen LogP contribution in [0, 0.1) is 5.92 Å². The molecule has 3 fully saturated rings. The van der Waals surface area contributed by atoms with Gasteiger partial charge in [-0.3, -0.25) is 4.99 Å². The van der Waals surface area contributed by atoms with Crippen LogP contribution in [0.15, 0.2) is 4.99 Å². The molecule has 0 amide bonds. The summed E-state index contributed by atoms with van der Waals surface area (Å²) in [6.45, 7) is 6.67. The summed E-state index contributed by atoms with van der Waals surface area (Å²) in [5, 5.41) is 14.1. The number of guanidine groups is 1. The molecule has 2 saturated heterocycles. The van der Waals surface area contributed by atoms with Crippen LogP contribution in [0.1, 0.15) is 51.4 Å². The summed E-state index contributed by atoms with van der Waals surface area (Å²) in [5.74, 6) is 1.75. The smallest absolute Gasteiger partial charge is 0.193 e. The van der Waals surface area contributed by atoms with Crippen molar-refractivity contribution in [2.45, 2.75) is 57.0 Å². The van der Waals surface area contributed by atoms with Gasteiger partial charge in [0.1, 0.15) is 0 Å². The lowest BCUT2D eigenvalue weighted by Gasteiger charge is -2.33. The van der Waals surface area contributed by atoms with E-state index in [1.165, 1.54) is 45.3 Å². The number of nitrogens with one attached hydrogen (secondary N) is 1. The zero-order chi connectivity index (χ0) is 16.1. The quantitative estimate of drug-likeness (QED) is 0.392. The molecule has 0 aromatic heterocycles. The zero-order valence-electron chi connectivity index (χ0n) is 15.2. The van der Waals surface area contributed by atoms with Crippen molar-refractivity contribution in [2.24, 2.45) is 10.9 Å². The highest BCUT2D eigenvalue weighted by Crippen LogP contribution is 2.27. The van der Waals surface area contributed by atoms with Gasteiger partial charge in [0, 0.05) is 33.2 Å². The van der Waals surface area contributed by atoms with Gasteiger partial charge in [0.2, 0.25) is 0 Å². The molecule has 1 aliphatic carbocycles. The van der Waals surface area contributed by atoms with Crippen LogP contribution in [-0.4, -0.2) is 72.8 Å². The molecule has 6 heteroatoms. The van der Waals surface area contributed by atoms with E-state index < -0.39 is 5.60 Å². The van der Waals surface area contributed by atoms with E-state index in [0.29, 0.717) is 6.54 Å². The van der Waals surface area contributed by atoms with E-state index >= 15 is 0 Å². The van der Waals surface area contributed by atoms with Crippen molar-refractivity contribution >= 4 is 29.9 Å². The van der Waals surface area contributed by atoms with Gasteiger partial charge in [0.05, 0.1) is 5.60 Å². The van der Waals surface area contributed by atoms with Crippen LogP contribution in [0.5, 0.6) is 0 Å². The fraction of sp³-hybridized carbons (Fsp3) is 0.944. The van der Waals surface area contributed by atoms with Gasteiger partial charge in [-0.25, -0.2) is 0 Å². The topological polar surface area (TPSA) is 51.1 Å². The molecule has 0 bridgehead atoms. The van der Waals surface area contributed by atoms with E-state index in [2.05, 4.69) is 20.1 Å². The lowest BCUT2D eigenvalue weighted by Crippen LogP contribution is -2.49. The predicted molar refractivity (Wildman–Crippen MR) is 110 cm³/mol. The Balaban J connectivity index is 0.00000208. The fourth-order valence-electron chi connectivity index (χ4n) is 4.47. The Kier molecular flexibility index (Phi) is 8.07. The van der Waals surface area contributed by atoms with Crippen LogP contribution < -0.4 is 5.32 Å². The van der Waals surface area contributed by atoms with Crippen molar-refractivity contribution in [3.63, 3.8) is 0 Å². The van der Waals surface area contributed by atoms with Crippen LogP contribution in [0.2, 0.25) is 0 Å². The maximum Gasteiger partial charge on any atom is 0.193 e. The number of likely N-dealkylation sites (tertiary alicyclic amines) is 2. The van der Waals surface area contributed by atoms with Crippen molar-refractivity contribution < 1.29 is 5.11 Å². The van der Waals surface area contributed by atoms with Crippen molar-refractivity contribution in [3.05, 3.63) is 0 Å². The first kappa shape index (κ1) is 20.2. The molecule has 140 valence electrons. The number of hydrogen-bond acceptors (Lipinski definition) is 3. The molecule has 5 nitrogen and oxygen atoms in total. The van der Waals surface area contributed by atoms with Crippen LogP contribution in [0.4, 0.5) is 0 Å². The van der Waals surface area contributed by atoms with E-state index in [1.807, 2.05) is 7.05 Å². The minimum absolute atomic E-state index is 0. The molecule has 0 aromatic rings. The molecule has 0 radical (unpaired) electrons. The first-order valence-electron chi connectivity index (χ1n) is 9.59.